The second-order valence-electron chi connectivity index (χ2n) is 6.00. The highest BCUT2D eigenvalue weighted by Gasteiger charge is 2.40. The average Bonchev–Trinajstić information content (AvgIpc) is 3.04. The smallest absolute Gasteiger partial charge is 0.248 e. The number of hydrogen-bond donors (Lipinski definition) is 3. The Kier molecular flexibility index (Phi) is 6.43. The van der Waals surface area contributed by atoms with Gasteiger partial charge in [0.25, 0.3) is 0 Å². The molecule has 1 aliphatic carbocycles. The van der Waals surface area contributed by atoms with E-state index in [-0.39, 0.29) is 38.0 Å². The number of amides is 1. The van der Waals surface area contributed by atoms with Gasteiger partial charge in [0.2, 0.25) is 11.8 Å². The molecular formula is C15H21F2N2O3S. The molecule has 0 bridgehead atoms. The number of halogens is 2. The number of nitrogens with zero attached hydrogens (tertiary/aromatic N) is 1. The van der Waals surface area contributed by atoms with Gasteiger partial charge in [-0.15, -0.1) is 11.3 Å². The molecule has 3 N–H and O–H groups in total. The zero-order chi connectivity index (χ0) is 16.9. The number of carbonyl (C=O) groups excluding carboxylic acids is 1. The van der Waals surface area contributed by atoms with Gasteiger partial charge in [-0.25, -0.2) is 19.2 Å². The third-order valence-electron chi connectivity index (χ3n) is 4.36. The van der Waals surface area contributed by atoms with Gasteiger partial charge in [-0.2, -0.15) is 0 Å². The summed E-state index contributed by atoms with van der Waals surface area (Å²) in [6.45, 7) is 0. The molecule has 23 heavy (non-hydrogen) atoms. The van der Waals surface area contributed by atoms with E-state index in [0.29, 0.717) is 6.42 Å². The third kappa shape index (κ3) is 5.47. The van der Waals surface area contributed by atoms with Crippen LogP contribution < -0.4 is 5.48 Å². The zero-order valence-electron chi connectivity index (χ0n) is 12.6. The molecule has 0 saturated heterocycles. The Morgan fingerprint density at radius 1 is 1.52 bits per heavy atom. The van der Waals surface area contributed by atoms with Crippen LogP contribution >= 0.6 is 11.3 Å². The summed E-state index contributed by atoms with van der Waals surface area (Å²) in [4.78, 5) is 16.0. The van der Waals surface area contributed by atoms with Crippen LogP contribution in [0.3, 0.4) is 0 Å². The van der Waals surface area contributed by atoms with Crippen LogP contribution in [0.15, 0.2) is 10.9 Å². The number of aliphatic hydroxyl groups is 1. The van der Waals surface area contributed by atoms with E-state index < -0.39 is 23.9 Å². The molecule has 1 radical (unpaired) electrons. The molecule has 1 heterocycles. The summed E-state index contributed by atoms with van der Waals surface area (Å²) >= 11 is 1.46. The van der Waals surface area contributed by atoms with Crippen LogP contribution in [-0.4, -0.2) is 33.2 Å². The van der Waals surface area contributed by atoms with Crippen LogP contribution in [0, 0.1) is 18.3 Å². The first-order valence-electron chi connectivity index (χ1n) is 7.61. The maximum absolute atomic E-state index is 13.3. The largest absolute Gasteiger partial charge is 0.393 e. The first-order chi connectivity index (χ1) is 10.9. The van der Waals surface area contributed by atoms with Crippen molar-refractivity contribution < 1.29 is 23.9 Å². The van der Waals surface area contributed by atoms with E-state index in [1.54, 1.807) is 17.4 Å². The lowest BCUT2D eigenvalue weighted by molar-refractivity contribution is -0.138. The Labute approximate surface area is 137 Å². The predicted octanol–water partition coefficient (Wildman–Crippen LogP) is 2.59. The minimum atomic E-state index is -2.67. The fourth-order valence-electron chi connectivity index (χ4n) is 3.01. The molecule has 0 spiro atoms. The SMILES string of the molecule is O=C(NO)C(CC(O)[CH]Cc1cscn1)C1CCC(F)(F)CC1. The molecule has 0 aromatic carbocycles. The maximum Gasteiger partial charge on any atom is 0.248 e. The molecule has 1 amide bonds. The Morgan fingerprint density at radius 2 is 2.22 bits per heavy atom. The molecule has 129 valence electrons. The molecule has 1 aromatic heterocycles. The van der Waals surface area contributed by atoms with Crippen LogP contribution in [0.2, 0.25) is 0 Å². The van der Waals surface area contributed by atoms with Crippen molar-refractivity contribution in [3.63, 3.8) is 0 Å². The van der Waals surface area contributed by atoms with Gasteiger partial charge in [-0.05, 0) is 38.0 Å². The molecule has 5 nitrogen and oxygen atoms in total. The third-order valence-corrected chi connectivity index (χ3v) is 4.99. The van der Waals surface area contributed by atoms with Crippen molar-refractivity contribution >= 4 is 17.2 Å². The van der Waals surface area contributed by atoms with Gasteiger partial charge >= 0.3 is 0 Å². The van der Waals surface area contributed by atoms with Crippen LogP contribution in [0.5, 0.6) is 0 Å². The monoisotopic (exact) mass is 347 g/mol. The Balaban J connectivity index is 1.89. The molecule has 1 aliphatic rings. The summed E-state index contributed by atoms with van der Waals surface area (Å²) in [5.74, 6) is -4.24. The number of aromatic nitrogens is 1. The molecule has 1 fully saturated rings. The van der Waals surface area contributed by atoms with E-state index in [4.69, 9.17) is 5.21 Å². The normalized spacial score (nSPS) is 20.9. The van der Waals surface area contributed by atoms with Crippen molar-refractivity contribution in [1.82, 2.24) is 10.5 Å². The number of hydroxylamine groups is 1. The molecular weight excluding hydrogens is 326 g/mol. The highest BCUT2D eigenvalue weighted by molar-refractivity contribution is 7.07. The van der Waals surface area contributed by atoms with Crippen molar-refractivity contribution in [3.8, 4) is 0 Å². The van der Waals surface area contributed by atoms with Crippen LogP contribution in [0.25, 0.3) is 0 Å². The van der Waals surface area contributed by atoms with E-state index in [0.717, 1.165) is 5.69 Å². The fourth-order valence-corrected chi connectivity index (χ4v) is 3.58. The lowest BCUT2D eigenvalue weighted by Crippen LogP contribution is -2.38. The highest BCUT2D eigenvalue weighted by Crippen LogP contribution is 2.40. The number of thiazole rings is 1. The van der Waals surface area contributed by atoms with E-state index in [1.165, 1.54) is 11.3 Å². The van der Waals surface area contributed by atoms with E-state index in [1.807, 2.05) is 5.38 Å². The number of aliphatic hydroxyl groups excluding tert-OH is 1. The quantitative estimate of drug-likeness (QED) is 0.523. The first kappa shape index (κ1) is 18.2. The minimum absolute atomic E-state index is 0.104. The molecule has 8 heteroatoms. The van der Waals surface area contributed by atoms with Gasteiger partial charge in [-0.3, -0.25) is 10.0 Å². The number of hydrogen-bond acceptors (Lipinski definition) is 5. The minimum Gasteiger partial charge on any atom is -0.393 e. The molecule has 1 saturated carbocycles. The van der Waals surface area contributed by atoms with Gasteiger partial charge in [0, 0.05) is 24.1 Å². The summed E-state index contributed by atoms with van der Waals surface area (Å²) in [6.07, 6.45) is 1.27. The molecule has 1 aromatic rings. The zero-order valence-corrected chi connectivity index (χ0v) is 13.4. The van der Waals surface area contributed by atoms with E-state index in [9.17, 15) is 18.7 Å². The van der Waals surface area contributed by atoms with Crippen LogP contribution in [0.1, 0.15) is 37.8 Å². The highest BCUT2D eigenvalue weighted by atomic mass is 32.1. The summed E-state index contributed by atoms with van der Waals surface area (Å²) in [7, 11) is 0. The van der Waals surface area contributed by atoms with Gasteiger partial charge in [0.1, 0.15) is 0 Å². The second kappa shape index (κ2) is 8.12. The number of nitrogens with one attached hydrogen (secondary N) is 1. The maximum atomic E-state index is 13.3. The van der Waals surface area contributed by atoms with Crippen molar-refractivity contribution in [1.29, 1.82) is 0 Å². The van der Waals surface area contributed by atoms with Crippen molar-refractivity contribution in [2.24, 2.45) is 11.8 Å². The average molecular weight is 347 g/mol. The van der Waals surface area contributed by atoms with Gasteiger partial charge in [-0.1, -0.05) is 0 Å². The summed E-state index contributed by atoms with van der Waals surface area (Å²) in [6, 6.07) is 0. The standard InChI is InChI=1S/C15H21F2N2O3S/c16-15(17)5-3-10(4-6-15)13(14(21)19-22)7-12(20)2-1-11-8-23-9-18-11/h2,8-10,12-13,20,22H,1,3-7H2,(H,19,21). The second-order valence-corrected chi connectivity index (χ2v) is 6.72. The number of alkyl halides is 2. The summed E-state index contributed by atoms with van der Waals surface area (Å²) < 4.78 is 26.5. The van der Waals surface area contributed by atoms with Gasteiger partial charge in [0.05, 0.1) is 17.3 Å². The molecule has 0 aliphatic heterocycles. The Bertz CT molecular complexity index is 489. The fraction of sp³-hybridized carbons (Fsp3) is 0.667. The Morgan fingerprint density at radius 3 is 2.78 bits per heavy atom. The van der Waals surface area contributed by atoms with Crippen LogP contribution in [-0.2, 0) is 11.2 Å². The molecule has 2 unspecified atom stereocenters. The summed E-state index contributed by atoms with van der Waals surface area (Å²) in [5.41, 5.74) is 4.12. The summed E-state index contributed by atoms with van der Waals surface area (Å²) in [5, 5.41) is 20.9. The predicted molar refractivity (Wildman–Crippen MR) is 81.1 cm³/mol. The van der Waals surface area contributed by atoms with Crippen molar-refractivity contribution in [2.45, 2.75) is 50.6 Å². The topological polar surface area (TPSA) is 82.5 Å². The lowest BCUT2D eigenvalue weighted by Gasteiger charge is -2.33. The van der Waals surface area contributed by atoms with Crippen molar-refractivity contribution in [2.75, 3.05) is 0 Å². The van der Waals surface area contributed by atoms with E-state index in [2.05, 4.69) is 4.98 Å². The van der Waals surface area contributed by atoms with Crippen LogP contribution in [0.4, 0.5) is 8.78 Å². The number of carbonyl (C=O) groups is 1. The molecule has 2 rings (SSSR count). The Hall–Kier alpha value is -1.12. The first-order valence-corrected chi connectivity index (χ1v) is 8.56. The van der Waals surface area contributed by atoms with Crippen molar-refractivity contribution in [3.05, 3.63) is 23.0 Å². The molecule has 2 atom stereocenters. The lowest BCUT2D eigenvalue weighted by atomic mass is 9.76. The number of rotatable bonds is 7. The van der Waals surface area contributed by atoms with E-state index >= 15 is 0 Å². The van der Waals surface area contributed by atoms with Gasteiger partial charge in [0.15, 0.2) is 0 Å². The van der Waals surface area contributed by atoms with Gasteiger partial charge < -0.3 is 5.11 Å².